The molecule has 0 amide bonds. The number of thiophene rings is 1. The van der Waals surface area contributed by atoms with E-state index in [1.165, 1.54) is 21.9 Å². The monoisotopic (exact) mass is 269 g/mol. The highest BCUT2D eigenvalue weighted by molar-refractivity contribution is 7.16. The van der Waals surface area contributed by atoms with E-state index in [0.29, 0.717) is 0 Å². The predicted molar refractivity (Wildman–Crippen MR) is 77.7 cm³/mol. The van der Waals surface area contributed by atoms with Crippen LogP contribution in [0.5, 0.6) is 0 Å². The zero-order chi connectivity index (χ0) is 13.2. The van der Waals surface area contributed by atoms with Crippen LogP contribution in [0, 0.1) is 12.7 Å². The lowest BCUT2D eigenvalue weighted by Gasteiger charge is -2.04. The van der Waals surface area contributed by atoms with Crippen LogP contribution in [0.1, 0.15) is 4.88 Å². The maximum atomic E-state index is 13.0. The molecule has 0 atom stereocenters. The van der Waals surface area contributed by atoms with Crippen LogP contribution in [0.3, 0.4) is 0 Å². The molecule has 0 bridgehead atoms. The second-order valence-corrected chi connectivity index (χ2v) is 5.60. The van der Waals surface area contributed by atoms with Gasteiger partial charge in [0, 0.05) is 27.7 Å². The number of halogens is 1. The lowest BCUT2D eigenvalue weighted by atomic mass is 10.0. The van der Waals surface area contributed by atoms with Gasteiger partial charge in [-0.15, -0.1) is 11.3 Å². The third-order valence-electron chi connectivity index (χ3n) is 2.95. The first-order valence-electron chi connectivity index (χ1n) is 6.01. The molecule has 0 N–H and O–H groups in total. The summed E-state index contributed by atoms with van der Waals surface area (Å²) in [7, 11) is 0. The SMILES string of the molecule is Cc1cc(-c2ccc(F)cc2)c(-c2ccncc2)s1. The van der Waals surface area contributed by atoms with Crippen molar-refractivity contribution in [2.45, 2.75) is 6.92 Å². The molecular formula is C16H12FNS. The number of benzene rings is 1. The van der Waals surface area contributed by atoms with Gasteiger partial charge >= 0.3 is 0 Å². The summed E-state index contributed by atoms with van der Waals surface area (Å²) in [6.45, 7) is 2.09. The molecule has 0 aliphatic rings. The van der Waals surface area contributed by atoms with Gasteiger partial charge in [0.05, 0.1) is 0 Å². The van der Waals surface area contributed by atoms with Crippen LogP contribution in [0.25, 0.3) is 21.6 Å². The molecule has 3 heteroatoms. The fraction of sp³-hybridized carbons (Fsp3) is 0.0625. The molecule has 0 aliphatic heterocycles. The van der Waals surface area contributed by atoms with E-state index in [9.17, 15) is 4.39 Å². The zero-order valence-corrected chi connectivity index (χ0v) is 11.2. The van der Waals surface area contributed by atoms with Crippen LogP contribution in [0.15, 0.2) is 54.9 Å². The second kappa shape index (κ2) is 4.94. The average Bonchev–Trinajstić information content (AvgIpc) is 2.83. The van der Waals surface area contributed by atoms with Gasteiger partial charge in [0.1, 0.15) is 5.82 Å². The Morgan fingerprint density at radius 3 is 2.32 bits per heavy atom. The first kappa shape index (κ1) is 12.1. The Labute approximate surface area is 115 Å². The van der Waals surface area contributed by atoms with Gasteiger partial charge in [-0.05, 0) is 48.4 Å². The smallest absolute Gasteiger partial charge is 0.123 e. The molecule has 0 aliphatic carbocycles. The Morgan fingerprint density at radius 1 is 0.947 bits per heavy atom. The van der Waals surface area contributed by atoms with Crippen molar-refractivity contribution in [1.82, 2.24) is 4.98 Å². The van der Waals surface area contributed by atoms with Crippen molar-refractivity contribution in [3.05, 3.63) is 65.6 Å². The van der Waals surface area contributed by atoms with Crippen LogP contribution < -0.4 is 0 Å². The number of aromatic nitrogens is 1. The van der Waals surface area contributed by atoms with Crippen molar-refractivity contribution in [1.29, 1.82) is 0 Å². The van der Waals surface area contributed by atoms with Crippen LogP contribution in [0.2, 0.25) is 0 Å². The molecule has 0 saturated carbocycles. The van der Waals surface area contributed by atoms with Crippen molar-refractivity contribution < 1.29 is 4.39 Å². The fourth-order valence-electron chi connectivity index (χ4n) is 2.08. The third kappa shape index (κ3) is 2.42. The normalized spacial score (nSPS) is 10.6. The minimum atomic E-state index is -0.207. The van der Waals surface area contributed by atoms with Crippen molar-refractivity contribution >= 4 is 11.3 Å². The molecule has 94 valence electrons. The lowest BCUT2D eigenvalue weighted by Crippen LogP contribution is -1.80. The summed E-state index contributed by atoms with van der Waals surface area (Å²) in [6.07, 6.45) is 3.58. The predicted octanol–water partition coefficient (Wildman–Crippen LogP) is 4.92. The molecule has 2 aromatic heterocycles. The number of hydrogen-bond donors (Lipinski definition) is 0. The second-order valence-electron chi connectivity index (χ2n) is 4.34. The number of pyridine rings is 1. The van der Waals surface area contributed by atoms with Crippen LogP contribution in [0.4, 0.5) is 4.39 Å². The van der Waals surface area contributed by atoms with Gasteiger partial charge in [0.2, 0.25) is 0 Å². The average molecular weight is 269 g/mol. The topological polar surface area (TPSA) is 12.9 Å². The molecule has 1 aromatic carbocycles. The summed E-state index contributed by atoms with van der Waals surface area (Å²) in [5.41, 5.74) is 3.33. The summed E-state index contributed by atoms with van der Waals surface area (Å²) < 4.78 is 13.0. The van der Waals surface area contributed by atoms with E-state index >= 15 is 0 Å². The Kier molecular flexibility index (Phi) is 3.13. The first-order chi connectivity index (χ1) is 9.24. The zero-order valence-electron chi connectivity index (χ0n) is 10.4. The largest absolute Gasteiger partial charge is 0.265 e. The van der Waals surface area contributed by atoms with E-state index in [1.54, 1.807) is 23.7 Å². The first-order valence-corrected chi connectivity index (χ1v) is 6.82. The number of rotatable bonds is 2. The van der Waals surface area contributed by atoms with Gasteiger partial charge in [0.25, 0.3) is 0 Å². The molecule has 3 aromatic rings. The minimum Gasteiger partial charge on any atom is -0.265 e. The maximum absolute atomic E-state index is 13.0. The standard InChI is InChI=1S/C16H12FNS/c1-11-10-15(12-2-4-14(17)5-3-12)16(19-11)13-6-8-18-9-7-13/h2-10H,1H3. The highest BCUT2D eigenvalue weighted by Gasteiger charge is 2.11. The quantitative estimate of drug-likeness (QED) is 0.643. The Bertz CT molecular complexity index is 687. The van der Waals surface area contributed by atoms with E-state index in [2.05, 4.69) is 18.0 Å². The molecule has 0 fully saturated rings. The summed E-state index contributed by atoms with van der Waals surface area (Å²) in [5.74, 6) is -0.207. The van der Waals surface area contributed by atoms with Crippen molar-refractivity contribution in [3.8, 4) is 21.6 Å². The third-order valence-corrected chi connectivity index (χ3v) is 4.05. The Hall–Kier alpha value is -2.00. The van der Waals surface area contributed by atoms with E-state index in [-0.39, 0.29) is 5.82 Å². The molecular weight excluding hydrogens is 257 g/mol. The number of nitrogens with zero attached hydrogens (tertiary/aromatic N) is 1. The van der Waals surface area contributed by atoms with E-state index < -0.39 is 0 Å². The van der Waals surface area contributed by atoms with Gasteiger partial charge in [0.15, 0.2) is 0 Å². The maximum Gasteiger partial charge on any atom is 0.123 e. The van der Waals surface area contributed by atoms with Gasteiger partial charge in [-0.2, -0.15) is 0 Å². The fourth-order valence-corrected chi connectivity index (χ4v) is 3.12. The summed E-state index contributed by atoms with van der Waals surface area (Å²) in [4.78, 5) is 6.49. The molecule has 0 radical (unpaired) electrons. The Morgan fingerprint density at radius 2 is 1.63 bits per heavy atom. The van der Waals surface area contributed by atoms with Crippen molar-refractivity contribution in [2.24, 2.45) is 0 Å². The van der Waals surface area contributed by atoms with Gasteiger partial charge in [-0.1, -0.05) is 12.1 Å². The number of hydrogen-bond acceptors (Lipinski definition) is 2. The molecule has 0 saturated heterocycles. The van der Waals surface area contributed by atoms with Crippen LogP contribution in [-0.2, 0) is 0 Å². The lowest BCUT2D eigenvalue weighted by molar-refractivity contribution is 0.628. The van der Waals surface area contributed by atoms with Gasteiger partial charge in [-0.25, -0.2) is 4.39 Å². The minimum absolute atomic E-state index is 0.207. The summed E-state index contributed by atoms with van der Waals surface area (Å²) in [5, 5.41) is 0. The molecule has 0 spiro atoms. The molecule has 19 heavy (non-hydrogen) atoms. The molecule has 0 unspecified atom stereocenters. The van der Waals surface area contributed by atoms with Crippen LogP contribution in [-0.4, -0.2) is 4.98 Å². The van der Waals surface area contributed by atoms with Crippen LogP contribution >= 0.6 is 11.3 Å². The summed E-state index contributed by atoms with van der Waals surface area (Å²) >= 11 is 1.74. The van der Waals surface area contributed by atoms with E-state index in [4.69, 9.17) is 0 Å². The highest BCUT2D eigenvalue weighted by atomic mass is 32.1. The van der Waals surface area contributed by atoms with E-state index in [1.807, 2.05) is 24.3 Å². The Balaban J connectivity index is 2.15. The molecule has 1 nitrogen and oxygen atoms in total. The van der Waals surface area contributed by atoms with E-state index in [0.717, 1.165) is 16.7 Å². The van der Waals surface area contributed by atoms with Crippen molar-refractivity contribution in [2.75, 3.05) is 0 Å². The highest BCUT2D eigenvalue weighted by Crippen LogP contribution is 2.38. The van der Waals surface area contributed by atoms with Gasteiger partial charge < -0.3 is 0 Å². The molecule has 2 heterocycles. The van der Waals surface area contributed by atoms with Gasteiger partial charge in [-0.3, -0.25) is 4.98 Å². The summed E-state index contributed by atoms with van der Waals surface area (Å²) in [6, 6.07) is 12.8. The number of aryl methyl sites for hydroxylation is 1. The molecule has 3 rings (SSSR count). The van der Waals surface area contributed by atoms with Crippen molar-refractivity contribution in [3.63, 3.8) is 0 Å².